The number of hydrogen-bond donors (Lipinski definition) is 1. The summed E-state index contributed by atoms with van der Waals surface area (Å²) in [7, 11) is 1.21. The molecule has 0 heterocycles. The number of nitrogens with one attached hydrogen (secondary N) is 1. The molecule has 0 radical (unpaired) electrons. The Balaban J connectivity index is 2.65. The van der Waals surface area contributed by atoms with E-state index in [0.717, 1.165) is 12.1 Å². The third kappa shape index (κ3) is 3.30. The zero-order valence-electron chi connectivity index (χ0n) is 8.37. The maximum atomic E-state index is 12.6. The van der Waals surface area contributed by atoms with Gasteiger partial charge in [0.1, 0.15) is 5.82 Å². The zero-order chi connectivity index (χ0) is 12.1. The lowest BCUT2D eigenvalue weighted by Crippen LogP contribution is -2.36. The summed E-state index contributed by atoms with van der Waals surface area (Å²) in [5, 5.41) is 2.35. The second-order valence-electron chi connectivity index (χ2n) is 2.87. The van der Waals surface area contributed by atoms with E-state index in [1.54, 1.807) is 0 Å². The normalized spacial score (nSPS) is 11.7. The van der Waals surface area contributed by atoms with E-state index in [2.05, 4.69) is 26.0 Å². The first kappa shape index (κ1) is 12.6. The predicted octanol–water partition coefficient (Wildman–Crippen LogP) is 1.45. The average molecular weight is 290 g/mol. The van der Waals surface area contributed by atoms with E-state index >= 15 is 0 Å². The molecule has 0 aliphatic heterocycles. The molecule has 0 fully saturated rings. The van der Waals surface area contributed by atoms with E-state index in [9.17, 15) is 14.0 Å². The summed E-state index contributed by atoms with van der Waals surface area (Å²) in [4.78, 5) is 21.6. The molecule has 1 unspecified atom stereocenters. The summed E-state index contributed by atoms with van der Waals surface area (Å²) >= 11 is 2.94. The quantitative estimate of drug-likeness (QED) is 0.521. The molecule has 1 rings (SSSR count). The molecule has 1 amide bonds. The summed E-state index contributed by atoms with van der Waals surface area (Å²) in [6, 6.07) is 4.97. The van der Waals surface area contributed by atoms with Crippen LogP contribution in [0.1, 0.15) is 10.4 Å². The van der Waals surface area contributed by atoms with Crippen molar-refractivity contribution in [1.29, 1.82) is 0 Å². The second-order valence-corrected chi connectivity index (χ2v) is 3.78. The van der Waals surface area contributed by atoms with Gasteiger partial charge in [-0.15, -0.1) is 0 Å². The number of amides is 1. The van der Waals surface area contributed by atoms with Crippen LogP contribution in [0.3, 0.4) is 0 Å². The minimum atomic E-state index is -0.921. The summed E-state index contributed by atoms with van der Waals surface area (Å²) in [5.74, 6) is -1.54. The fraction of sp³-hybridized carbons (Fsp3) is 0.200. The highest BCUT2D eigenvalue weighted by molar-refractivity contribution is 9.10. The molecular weight excluding hydrogens is 281 g/mol. The molecule has 4 nitrogen and oxygen atoms in total. The Hall–Kier alpha value is -1.43. The van der Waals surface area contributed by atoms with Crippen LogP contribution in [-0.4, -0.2) is 23.9 Å². The fourth-order valence-corrected chi connectivity index (χ4v) is 1.36. The highest BCUT2D eigenvalue weighted by atomic mass is 79.9. The van der Waals surface area contributed by atoms with Crippen molar-refractivity contribution in [3.8, 4) is 0 Å². The molecule has 1 N–H and O–H groups in total. The van der Waals surface area contributed by atoms with E-state index in [4.69, 9.17) is 0 Å². The summed E-state index contributed by atoms with van der Waals surface area (Å²) in [5.41, 5.74) is 0.259. The predicted molar refractivity (Wildman–Crippen MR) is 58.6 cm³/mol. The Kier molecular flexibility index (Phi) is 4.42. The molecule has 0 aliphatic carbocycles. The number of halogens is 2. The molecule has 0 aliphatic rings. The number of esters is 1. The monoisotopic (exact) mass is 289 g/mol. The van der Waals surface area contributed by atoms with Crippen LogP contribution in [0.4, 0.5) is 4.39 Å². The van der Waals surface area contributed by atoms with Crippen LogP contribution >= 0.6 is 15.9 Å². The molecule has 86 valence electrons. The summed E-state index contributed by atoms with van der Waals surface area (Å²) in [6.45, 7) is 0. The molecule has 16 heavy (non-hydrogen) atoms. The van der Waals surface area contributed by atoms with Gasteiger partial charge < -0.3 is 10.1 Å². The van der Waals surface area contributed by atoms with Gasteiger partial charge in [-0.05, 0) is 24.3 Å². The van der Waals surface area contributed by atoms with Crippen LogP contribution in [0.15, 0.2) is 24.3 Å². The van der Waals surface area contributed by atoms with Gasteiger partial charge in [0.2, 0.25) is 0 Å². The van der Waals surface area contributed by atoms with Gasteiger partial charge in [0.05, 0.1) is 7.11 Å². The standard InChI is InChI=1S/C10H9BrFNO3/c1-16-10(15)8(11)13-9(14)6-2-4-7(12)5-3-6/h2-5,8H,1H3,(H,13,14). The smallest absolute Gasteiger partial charge is 0.339 e. The van der Waals surface area contributed by atoms with Gasteiger partial charge in [0.25, 0.3) is 5.91 Å². The number of ether oxygens (including phenoxy) is 1. The summed E-state index contributed by atoms with van der Waals surface area (Å²) < 4.78 is 17.0. The largest absolute Gasteiger partial charge is 0.467 e. The van der Waals surface area contributed by atoms with Crippen LogP contribution in [0.5, 0.6) is 0 Å². The van der Waals surface area contributed by atoms with Gasteiger partial charge in [-0.3, -0.25) is 4.79 Å². The molecular formula is C10H9BrFNO3. The van der Waals surface area contributed by atoms with Gasteiger partial charge in [-0.2, -0.15) is 0 Å². The lowest BCUT2D eigenvalue weighted by molar-refractivity contribution is -0.140. The molecule has 1 aromatic rings. The van der Waals surface area contributed by atoms with E-state index < -0.39 is 22.6 Å². The van der Waals surface area contributed by atoms with E-state index in [1.165, 1.54) is 19.2 Å². The maximum absolute atomic E-state index is 12.6. The fourth-order valence-electron chi connectivity index (χ4n) is 0.962. The van der Waals surface area contributed by atoms with Crippen molar-refractivity contribution in [2.24, 2.45) is 0 Å². The minimum absolute atomic E-state index is 0.259. The van der Waals surface area contributed by atoms with Crippen LogP contribution in [-0.2, 0) is 9.53 Å². The first-order valence-corrected chi connectivity index (χ1v) is 5.24. The minimum Gasteiger partial charge on any atom is -0.467 e. The SMILES string of the molecule is COC(=O)C(Br)NC(=O)c1ccc(F)cc1. The van der Waals surface area contributed by atoms with Crippen molar-refractivity contribution in [3.05, 3.63) is 35.6 Å². The molecule has 6 heteroatoms. The Morgan fingerprint density at radius 3 is 2.44 bits per heavy atom. The molecule has 0 saturated heterocycles. The Bertz CT molecular complexity index is 394. The Morgan fingerprint density at radius 2 is 1.94 bits per heavy atom. The van der Waals surface area contributed by atoms with Crippen molar-refractivity contribution < 1.29 is 18.7 Å². The third-order valence-electron chi connectivity index (χ3n) is 1.77. The molecule has 0 aromatic heterocycles. The van der Waals surface area contributed by atoms with Gasteiger partial charge in [0.15, 0.2) is 4.95 Å². The van der Waals surface area contributed by atoms with E-state index in [0.29, 0.717) is 0 Å². The number of methoxy groups -OCH3 is 1. The number of benzene rings is 1. The summed E-state index contributed by atoms with van der Waals surface area (Å²) in [6.07, 6.45) is 0. The van der Waals surface area contributed by atoms with Gasteiger partial charge >= 0.3 is 5.97 Å². The van der Waals surface area contributed by atoms with Crippen LogP contribution in [0.25, 0.3) is 0 Å². The van der Waals surface area contributed by atoms with E-state index in [-0.39, 0.29) is 5.56 Å². The highest BCUT2D eigenvalue weighted by Crippen LogP contribution is 2.05. The van der Waals surface area contributed by atoms with Gasteiger partial charge in [-0.25, -0.2) is 9.18 Å². The van der Waals surface area contributed by atoms with Crippen molar-refractivity contribution in [2.75, 3.05) is 7.11 Å². The topological polar surface area (TPSA) is 55.4 Å². The van der Waals surface area contributed by atoms with Gasteiger partial charge in [-0.1, -0.05) is 15.9 Å². The third-order valence-corrected chi connectivity index (χ3v) is 2.38. The maximum Gasteiger partial charge on any atom is 0.339 e. The Morgan fingerprint density at radius 1 is 1.38 bits per heavy atom. The molecule has 0 saturated carbocycles. The molecule has 0 bridgehead atoms. The average Bonchev–Trinajstić information content (AvgIpc) is 2.28. The van der Waals surface area contributed by atoms with Crippen LogP contribution in [0, 0.1) is 5.82 Å². The number of alkyl halides is 1. The number of hydrogen-bond acceptors (Lipinski definition) is 3. The second kappa shape index (κ2) is 5.60. The first-order valence-electron chi connectivity index (χ1n) is 4.33. The number of carbonyl (C=O) groups excluding carboxylic acids is 2. The van der Waals surface area contributed by atoms with Crippen LogP contribution in [0.2, 0.25) is 0 Å². The molecule has 0 spiro atoms. The molecule has 1 atom stereocenters. The number of carbonyl (C=O) groups is 2. The van der Waals surface area contributed by atoms with E-state index in [1.807, 2.05) is 0 Å². The van der Waals surface area contributed by atoms with Crippen LogP contribution < -0.4 is 5.32 Å². The van der Waals surface area contributed by atoms with Crippen molar-refractivity contribution in [2.45, 2.75) is 4.95 Å². The highest BCUT2D eigenvalue weighted by Gasteiger charge is 2.18. The van der Waals surface area contributed by atoms with Crippen molar-refractivity contribution >= 4 is 27.8 Å². The number of rotatable bonds is 3. The Labute approximate surface area is 99.9 Å². The molecule has 1 aromatic carbocycles. The lowest BCUT2D eigenvalue weighted by Gasteiger charge is -2.09. The van der Waals surface area contributed by atoms with Crippen molar-refractivity contribution in [1.82, 2.24) is 5.32 Å². The zero-order valence-corrected chi connectivity index (χ0v) is 9.95. The van der Waals surface area contributed by atoms with Gasteiger partial charge in [0, 0.05) is 5.56 Å². The first-order chi connectivity index (χ1) is 7.54. The van der Waals surface area contributed by atoms with Crippen molar-refractivity contribution in [3.63, 3.8) is 0 Å². The lowest BCUT2D eigenvalue weighted by atomic mass is 10.2.